The molecule has 5 heteroatoms. The molecule has 0 spiro atoms. The number of amides is 3. The van der Waals surface area contributed by atoms with E-state index >= 15 is 0 Å². The number of piperazine rings is 1. The van der Waals surface area contributed by atoms with Crippen molar-refractivity contribution < 1.29 is 9.59 Å². The third kappa shape index (κ3) is 3.24. The molecule has 3 amide bonds. The topological polar surface area (TPSA) is 52.7 Å². The highest BCUT2D eigenvalue weighted by Crippen LogP contribution is 2.15. The molecule has 0 aromatic heterocycles. The van der Waals surface area contributed by atoms with Crippen LogP contribution in [0.1, 0.15) is 11.1 Å². The van der Waals surface area contributed by atoms with Crippen LogP contribution in [0.25, 0.3) is 0 Å². The van der Waals surface area contributed by atoms with Gasteiger partial charge in [0.05, 0.1) is 0 Å². The Hall–Kier alpha value is -2.04. The summed E-state index contributed by atoms with van der Waals surface area (Å²) in [5, 5.41) is 2.89. The molecule has 19 heavy (non-hydrogen) atoms. The van der Waals surface area contributed by atoms with Crippen LogP contribution >= 0.6 is 0 Å². The number of rotatable bonds is 2. The van der Waals surface area contributed by atoms with Gasteiger partial charge in [-0.1, -0.05) is 6.07 Å². The first kappa shape index (κ1) is 13.4. The lowest BCUT2D eigenvalue weighted by molar-refractivity contribution is -0.119. The Morgan fingerprint density at radius 1 is 1.16 bits per heavy atom. The summed E-state index contributed by atoms with van der Waals surface area (Å²) in [6.45, 7) is 6.42. The minimum absolute atomic E-state index is 0.103. The molecule has 0 unspecified atom stereocenters. The summed E-state index contributed by atoms with van der Waals surface area (Å²) in [6, 6.07) is 5.76. The maximum atomic E-state index is 12.1. The van der Waals surface area contributed by atoms with Crippen molar-refractivity contribution >= 4 is 18.1 Å². The lowest BCUT2D eigenvalue weighted by Crippen LogP contribution is -2.49. The van der Waals surface area contributed by atoms with Crippen molar-refractivity contribution in [2.45, 2.75) is 13.8 Å². The van der Waals surface area contributed by atoms with Crippen molar-refractivity contribution in [2.24, 2.45) is 0 Å². The molecule has 0 aliphatic carbocycles. The number of benzene rings is 1. The number of hydrogen-bond acceptors (Lipinski definition) is 2. The lowest BCUT2D eigenvalue weighted by atomic mass is 10.1. The van der Waals surface area contributed by atoms with Gasteiger partial charge in [-0.2, -0.15) is 0 Å². The van der Waals surface area contributed by atoms with E-state index in [4.69, 9.17) is 0 Å². The zero-order chi connectivity index (χ0) is 13.8. The van der Waals surface area contributed by atoms with Crippen LogP contribution in [0.5, 0.6) is 0 Å². The van der Waals surface area contributed by atoms with E-state index in [0.29, 0.717) is 26.2 Å². The summed E-state index contributed by atoms with van der Waals surface area (Å²) in [5.74, 6) is 0. The second-order valence-electron chi connectivity index (χ2n) is 4.86. The van der Waals surface area contributed by atoms with Crippen molar-refractivity contribution in [3.8, 4) is 0 Å². The average molecular weight is 261 g/mol. The van der Waals surface area contributed by atoms with Crippen LogP contribution in [0, 0.1) is 13.8 Å². The number of anilines is 1. The van der Waals surface area contributed by atoms with Gasteiger partial charge < -0.3 is 15.1 Å². The zero-order valence-corrected chi connectivity index (χ0v) is 11.3. The summed E-state index contributed by atoms with van der Waals surface area (Å²) in [6.07, 6.45) is 0.832. The molecule has 1 N–H and O–H groups in total. The van der Waals surface area contributed by atoms with Crippen LogP contribution in [0.3, 0.4) is 0 Å². The SMILES string of the molecule is Cc1ccc(NC(=O)N2CCN(C=O)CC2)cc1C. The summed E-state index contributed by atoms with van der Waals surface area (Å²) in [4.78, 5) is 26.1. The Kier molecular flexibility index (Phi) is 4.04. The molecule has 5 nitrogen and oxygen atoms in total. The fourth-order valence-electron chi connectivity index (χ4n) is 2.05. The Labute approximate surface area is 113 Å². The molecule has 1 aromatic carbocycles. The first-order chi connectivity index (χ1) is 9.10. The number of urea groups is 1. The van der Waals surface area contributed by atoms with Crippen molar-refractivity contribution in [2.75, 3.05) is 31.5 Å². The molecule has 1 fully saturated rings. The second-order valence-corrected chi connectivity index (χ2v) is 4.86. The molecule has 0 atom stereocenters. The van der Waals surface area contributed by atoms with E-state index in [2.05, 4.69) is 5.32 Å². The standard InChI is InChI=1S/C14H19N3O2/c1-11-3-4-13(9-12(11)2)15-14(19)17-7-5-16(10-18)6-8-17/h3-4,9-10H,5-8H2,1-2H3,(H,15,19). The average Bonchev–Trinajstić information content (AvgIpc) is 2.43. The fraction of sp³-hybridized carbons (Fsp3) is 0.429. The van der Waals surface area contributed by atoms with Crippen molar-refractivity contribution in [1.82, 2.24) is 9.80 Å². The van der Waals surface area contributed by atoms with Crippen molar-refractivity contribution in [3.63, 3.8) is 0 Å². The molecular weight excluding hydrogens is 242 g/mol. The molecule has 0 bridgehead atoms. The molecular formula is C14H19N3O2. The number of nitrogens with one attached hydrogen (secondary N) is 1. The van der Waals surface area contributed by atoms with Crippen LogP contribution in [0.4, 0.5) is 10.5 Å². The Bertz CT molecular complexity index is 480. The van der Waals surface area contributed by atoms with Crippen molar-refractivity contribution in [1.29, 1.82) is 0 Å². The predicted molar refractivity (Wildman–Crippen MR) is 74.1 cm³/mol. The van der Waals surface area contributed by atoms with Gasteiger partial charge in [-0.05, 0) is 37.1 Å². The highest BCUT2D eigenvalue weighted by molar-refractivity contribution is 5.89. The van der Waals surface area contributed by atoms with Crippen LogP contribution in [-0.4, -0.2) is 48.4 Å². The van der Waals surface area contributed by atoms with E-state index in [9.17, 15) is 9.59 Å². The van der Waals surface area contributed by atoms with E-state index in [-0.39, 0.29) is 6.03 Å². The van der Waals surface area contributed by atoms with E-state index in [1.807, 2.05) is 32.0 Å². The molecule has 0 radical (unpaired) electrons. The van der Waals surface area contributed by atoms with Crippen LogP contribution in [0.2, 0.25) is 0 Å². The van der Waals surface area contributed by atoms with E-state index in [0.717, 1.165) is 17.7 Å². The van der Waals surface area contributed by atoms with Gasteiger partial charge in [-0.15, -0.1) is 0 Å². The Morgan fingerprint density at radius 2 is 1.84 bits per heavy atom. The fourth-order valence-corrected chi connectivity index (χ4v) is 2.05. The number of nitrogens with zero attached hydrogens (tertiary/aromatic N) is 2. The lowest BCUT2D eigenvalue weighted by Gasteiger charge is -2.32. The first-order valence-corrected chi connectivity index (χ1v) is 6.42. The van der Waals surface area contributed by atoms with Gasteiger partial charge in [-0.3, -0.25) is 4.79 Å². The number of carbonyl (C=O) groups is 2. The summed E-state index contributed by atoms with van der Waals surface area (Å²) >= 11 is 0. The molecule has 1 aliphatic heterocycles. The predicted octanol–water partition coefficient (Wildman–Crippen LogP) is 1.61. The molecule has 102 valence electrons. The van der Waals surface area contributed by atoms with Crippen LogP contribution < -0.4 is 5.32 Å². The highest BCUT2D eigenvalue weighted by Gasteiger charge is 2.19. The molecule has 0 saturated carbocycles. The highest BCUT2D eigenvalue weighted by atomic mass is 16.2. The normalized spacial score (nSPS) is 15.3. The molecule has 1 heterocycles. The quantitative estimate of drug-likeness (QED) is 0.822. The maximum Gasteiger partial charge on any atom is 0.321 e. The second kappa shape index (κ2) is 5.73. The maximum absolute atomic E-state index is 12.1. The minimum atomic E-state index is -0.103. The van der Waals surface area contributed by atoms with Gasteiger partial charge >= 0.3 is 6.03 Å². The molecule has 1 aromatic rings. The minimum Gasteiger partial charge on any atom is -0.342 e. The summed E-state index contributed by atoms with van der Waals surface area (Å²) < 4.78 is 0. The number of aryl methyl sites for hydroxylation is 2. The third-order valence-electron chi connectivity index (χ3n) is 3.51. The van der Waals surface area contributed by atoms with Gasteiger partial charge in [0.25, 0.3) is 0 Å². The van der Waals surface area contributed by atoms with Gasteiger partial charge in [0, 0.05) is 31.9 Å². The number of carbonyl (C=O) groups excluding carboxylic acids is 2. The monoisotopic (exact) mass is 261 g/mol. The Balaban J connectivity index is 1.94. The van der Waals surface area contributed by atoms with Gasteiger partial charge in [0.2, 0.25) is 6.41 Å². The van der Waals surface area contributed by atoms with Crippen molar-refractivity contribution in [3.05, 3.63) is 29.3 Å². The molecule has 1 aliphatic rings. The van der Waals surface area contributed by atoms with E-state index in [1.165, 1.54) is 5.56 Å². The Morgan fingerprint density at radius 3 is 2.42 bits per heavy atom. The number of hydrogen-bond donors (Lipinski definition) is 1. The van der Waals surface area contributed by atoms with Crippen LogP contribution in [-0.2, 0) is 4.79 Å². The van der Waals surface area contributed by atoms with Crippen LogP contribution in [0.15, 0.2) is 18.2 Å². The van der Waals surface area contributed by atoms with Gasteiger partial charge in [0.1, 0.15) is 0 Å². The van der Waals surface area contributed by atoms with E-state index < -0.39 is 0 Å². The third-order valence-corrected chi connectivity index (χ3v) is 3.51. The largest absolute Gasteiger partial charge is 0.342 e. The summed E-state index contributed by atoms with van der Waals surface area (Å²) in [7, 11) is 0. The zero-order valence-electron chi connectivity index (χ0n) is 11.3. The van der Waals surface area contributed by atoms with Gasteiger partial charge in [-0.25, -0.2) is 4.79 Å². The molecule has 2 rings (SSSR count). The smallest absolute Gasteiger partial charge is 0.321 e. The first-order valence-electron chi connectivity index (χ1n) is 6.42. The van der Waals surface area contributed by atoms with E-state index in [1.54, 1.807) is 9.80 Å². The molecule has 1 saturated heterocycles. The summed E-state index contributed by atoms with van der Waals surface area (Å²) in [5.41, 5.74) is 3.17. The van der Waals surface area contributed by atoms with Gasteiger partial charge in [0.15, 0.2) is 0 Å².